The summed E-state index contributed by atoms with van der Waals surface area (Å²) in [5, 5.41) is 0. The number of hydrogen-bond donors (Lipinski definition) is 0. The average molecular weight is 291 g/mol. The molecule has 3 nitrogen and oxygen atoms in total. The fourth-order valence-electron chi connectivity index (χ4n) is 3.84. The summed E-state index contributed by atoms with van der Waals surface area (Å²) in [7, 11) is 1.43. The highest BCUT2D eigenvalue weighted by atomic mass is 19.1. The third-order valence-corrected chi connectivity index (χ3v) is 4.90. The van der Waals surface area contributed by atoms with Gasteiger partial charge in [-0.05, 0) is 49.8 Å². The number of nitrogens with zero attached hydrogens (tertiary/aromatic N) is 1. The van der Waals surface area contributed by atoms with Gasteiger partial charge < -0.3 is 9.64 Å². The van der Waals surface area contributed by atoms with Crippen molar-refractivity contribution < 1.29 is 13.9 Å². The Morgan fingerprint density at radius 1 is 1.24 bits per heavy atom. The Balaban J connectivity index is 1.78. The molecule has 2 aliphatic rings. The van der Waals surface area contributed by atoms with Crippen LogP contribution in [0.2, 0.25) is 0 Å². The highest BCUT2D eigenvalue weighted by Crippen LogP contribution is 2.36. The van der Waals surface area contributed by atoms with E-state index in [2.05, 4.69) is 0 Å². The Hall–Kier alpha value is -1.58. The summed E-state index contributed by atoms with van der Waals surface area (Å²) >= 11 is 0. The van der Waals surface area contributed by atoms with Crippen molar-refractivity contribution in [3.8, 4) is 5.75 Å². The SMILES string of the molecule is COc1ccc(C(=O)N2CCCC2C2CCCC2)cc1F. The van der Waals surface area contributed by atoms with Gasteiger partial charge in [-0.15, -0.1) is 0 Å². The molecule has 1 aliphatic carbocycles. The first-order valence-corrected chi connectivity index (χ1v) is 7.85. The molecule has 1 aromatic rings. The van der Waals surface area contributed by atoms with Gasteiger partial charge in [-0.1, -0.05) is 12.8 Å². The first-order valence-electron chi connectivity index (χ1n) is 7.85. The summed E-state index contributed by atoms with van der Waals surface area (Å²) in [5.74, 6) is 0.311. The maximum atomic E-state index is 13.8. The van der Waals surface area contributed by atoms with Crippen LogP contribution in [0.5, 0.6) is 5.75 Å². The van der Waals surface area contributed by atoms with Crippen LogP contribution in [0.1, 0.15) is 48.9 Å². The number of methoxy groups -OCH3 is 1. The fraction of sp³-hybridized carbons (Fsp3) is 0.588. The van der Waals surface area contributed by atoms with E-state index in [1.165, 1.54) is 44.9 Å². The second kappa shape index (κ2) is 6.04. The number of ether oxygens (including phenoxy) is 1. The number of benzene rings is 1. The molecule has 114 valence electrons. The Labute approximate surface area is 125 Å². The number of halogens is 1. The normalized spacial score (nSPS) is 22.8. The van der Waals surface area contributed by atoms with Crippen LogP contribution in [0.4, 0.5) is 4.39 Å². The van der Waals surface area contributed by atoms with E-state index in [1.807, 2.05) is 4.90 Å². The Morgan fingerprint density at radius 3 is 2.67 bits per heavy atom. The second-order valence-electron chi connectivity index (χ2n) is 6.10. The van der Waals surface area contributed by atoms with Crippen molar-refractivity contribution in [3.63, 3.8) is 0 Å². The molecule has 0 radical (unpaired) electrons. The molecule has 1 saturated heterocycles. The first kappa shape index (κ1) is 14.4. The van der Waals surface area contributed by atoms with Gasteiger partial charge in [0.25, 0.3) is 5.91 Å². The molecule has 4 heteroatoms. The number of rotatable bonds is 3. The van der Waals surface area contributed by atoms with Crippen molar-refractivity contribution in [1.29, 1.82) is 0 Å². The standard InChI is InChI=1S/C17H22FNO2/c1-21-16-9-8-13(11-14(16)18)17(20)19-10-4-7-15(19)12-5-2-3-6-12/h8-9,11-12,15H,2-7,10H2,1H3. The number of carbonyl (C=O) groups is 1. The quantitative estimate of drug-likeness (QED) is 0.851. The van der Waals surface area contributed by atoms with E-state index in [0.29, 0.717) is 17.5 Å². The molecule has 1 aliphatic heterocycles. The van der Waals surface area contributed by atoms with Crippen molar-refractivity contribution in [2.24, 2.45) is 5.92 Å². The van der Waals surface area contributed by atoms with Crippen molar-refractivity contribution in [1.82, 2.24) is 4.90 Å². The summed E-state index contributed by atoms with van der Waals surface area (Å²) in [4.78, 5) is 14.7. The zero-order valence-electron chi connectivity index (χ0n) is 12.5. The molecule has 21 heavy (non-hydrogen) atoms. The van der Waals surface area contributed by atoms with Crippen molar-refractivity contribution in [2.45, 2.75) is 44.6 Å². The third kappa shape index (κ3) is 2.76. The van der Waals surface area contributed by atoms with Gasteiger partial charge in [-0.3, -0.25) is 4.79 Å². The van der Waals surface area contributed by atoms with Crippen LogP contribution in [-0.2, 0) is 0 Å². The molecule has 1 heterocycles. The smallest absolute Gasteiger partial charge is 0.254 e. The van der Waals surface area contributed by atoms with Gasteiger partial charge in [0, 0.05) is 18.2 Å². The van der Waals surface area contributed by atoms with Crippen LogP contribution >= 0.6 is 0 Å². The molecular formula is C17H22FNO2. The molecule has 1 saturated carbocycles. The highest BCUT2D eigenvalue weighted by Gasteiger charge is 2.36. The van der Waals surface area contributed by atoms with Crippen LogP contribution in [-0.4, -0.2) is 30.5 Å². The Kier molecular flexibility index (Phi) is 4.13. The molecule has 1 atom stereocenters. The van der Waals surface area contributed by atoms with Crippen molar-refractivity contribution >= 4 is 5.91 Å². The largest absolute Gasteiger partial charge is 0.494 e. The van der Waals surface area contributed by atoms with Crippen LogP contribution in [0, 0.1) is 11.7 Å². The lowest BCUT2D eigenvalue weighted by Gasteiger charge is -2.29. The van der Waals surface area contributed by atoms with E-state index in [9.17, 15) is 9.18 Å². The Morgan fingerprint density at radius 2 is 2.00 bits per heavy atom. The first-order chi connectivity index (χ1) is 10.2. The van der Waals surface area contributed by atoms with Gasteiger partial charge in [-0.25, -0.2) is 4.39 Å². The number of likely N-dealkylation sites (tertiary alicyclic amines) is 1. The van der Waals surface area contributed by atoms with E-state index in [4.69, 9.17) is 4.74 Å². The van der Waals surface area contributed by atoms with E-state index in [-0.39, 0.29) is 11.7 Å². The maximum Gasteiger partial charge on any atom is 0.254 e. The van der Waals surface area contributed by atoms with Gasteiger partial charge in [-0.2, -0.15) is 0 Å². The van der Waals surface area contributed by atoms with E-state index in [0.717, 1.165) is 19.4 Å². The van der Waals surface area contributed by atoms with Gasteiger partial charge in [0.2, 0.25) is 0 Å². The molecule has 0 spiro atoms. The predicted molar refractivity (Wildman–Crippen MR) is 79.0 cm³/mol. The monoisotopic (exact) mass is 291 g/mol. The molecule has 1 aromatic carbocycles. The van der Waals surface area contributed by atoms with Gasteiger partial charge in [0.15, 0.2) is 11.6 Å². The number of carbonyl (C=O) groups excluding carboxylic acids is 1. The lowest BCUT2D eigenvalue weighted by Crippen LogP contribution is -2.39. The summed E-state index contributed by atoms with van der Waals surface area (Å²) < 4.78 is 18.7. The summed E-state index contributed by atoms with van der Waals surface area (Å²) in [6, 6.07) is 4.84. The maximum absolute atomic E-state index is 13.8. The molecule has 1 amide bonds. The Bertz CT molecular complexity index is 526. The van der Waals surface area contributed by atoms with Gasteiger partial charge >= 0.3 is 0 Å². The number of hydrogen-bond acceptors (Lipinski definition) is 2. The third-order valence-electron chi connectivity index (χ3n) is 4.90. The van der Waals surface area contributed by atoms with Crippen molar-refractivity contribution in [2.75, 3.05) is 13.7 Å². The fourth-order valence-corrected chi connectivity index (χ4v) is 3.84. The lowest BCUT2D eigenvalue weighted by atomic mass is 9.95. The predicted octanol–water partition coefficient (Wildman–Crippen LogP) is 3.63. The van der Waals surface area contributed by atoms with Crippen molar-refractivity contribution in [3.05, 3.63) is 29.6 Å². The van der Waals surface area contributed by atoms with Crippen LogP contribution in [0.3, 0.4) is 0 Å². The second-order valence-corrected chi connectivity index (χ2v) is 6.10. The van der Waals surface area contributed by atoms with Gasteiger partial charge in [0.1, 0.15) is 0 Å². The highest BCUT2D eigenvalue weighted by molar-refractivity contribution is 5.94. The molecule has 3 rings (SSSR count). The molecule has 0 bridgehead atoms. The minimum absolute atomic E-state index is 0.0362. The topological polar surface area (TPSA) is 29.5 Å². The molecular weight excluding hydrogens is 269 g/mol. The van der Waals surface area contributed by atoms with Crippen LogP contribution in [0.15, 0.2) is 18.2 Å². The minimum Gasteiger partial charge on any atom is -0.494 e. The van der Waals surface area contributed by atoms with Gasteiger partial charge in [0.05, 0.1) is 7.11 Å². The molecule has 0 N–H and O–H groups in total. The molecule has 1 unspecified atom stereocenters. The van der Waals surface area contributed by atoms with E-state index in [1.54, 1.807) is 6.07 Å². The number of amides is 1. The zero-order chi connectivity index (χ0) is 14.8. The summed E-state index contributed by atoms with van der Waals surface area (Å²) in [6.45, 7) is 0.799. The zero-order valence-corrected chi connectivity index (χ0v) is 12.5. The average Bonchev–Trinajstić information content (AvgIpc) is 3.16. The summed E-state index contributed by atoms with van der Waals surface area (Å²) in [6.07, 6.45) is 7.16. The lowest BCUT2D eigenvalue weighted by molar-refractivity contribution is 0.0688. The summed E-state index contributed by atoms with van der Waals surface area (Å²) in [5.41, 5.74) is 0.429. The molecule has 2 fully saturated rings. The molecule has 0 aromatic heterocycles. The van der Waals surface area contributed by atoms with E-state index < -0.39 is 5.82 Å². The van der Waals surface area contributed by atoms with Crippen LogP contribution in [0.25, 0.3) is 0 Å². The minimum atomic E-state index is -0.472. The van der Waals surface area contributed by atoms with E-state index >= 15 is 0 Å². The van der Waals surface area contributed by atoms with Crippen LogP contribution < -0.4 is 4.74 Å².